The van der Waals surface area contributed by atoms with Gasteiger partial charge in [-0.1, -0.05) is 12.1 Å². The molecule has 0 fully saturated rings. The van der Waals surface area contributed by atoms with Crippen molar-refractivity contribution in [3.05, 3.63) is 53.1 Å². The van der Waals surface area contributed by atoms with Crippen molar-refractivity contribution >= 4 is 5.97 Å². The van der Waals surface area contributed by atoms with Gasteiger partial charge >= 0.3 is 5.97 Å². The van der Waals surface area contributed by atoms with Crippen molar-refractivity contribution in [3.63, 3.8) is 0 Å². The van der Waals surface area contributed by atoms with Gasteiger partial charge in [0.2, 0.25) is 5.75 Å². The van der Waals surface area contributed by atoms with E-state index < -0.39 is 5.97 Å². The number of ether oxygens (including phenoxy) is 3. The number of carboxylic acid groups (broad SMARTS) is 1. The van der Waals surface area contributed by atoms with Gasteiger partial charge in [-0.15, -0.1) is 0 Å². The molecule has 2 rings (SSSR count). The lowest BCUT2D eigenvalue weighted by Crippen LogP contribution is -2.18. The van der Waals surface area contributed by atoms with Gasteiger partial charge in [0.05, 0.1) is 26.9 Å². The van der Waals surface area contributed by atoms with E-state index in [-0.39, 0.29) is 11.6 Å². The highest BCUT2D eigenvalue weighted by molar-refractivity contribution is 5.87. The van der Waals surface area contributed by atoms with Crippen molar-refractivity contribution in [2.45, 2.75) is 19.5 Å². The summed E-state index contributed by atoms with van der Waals surface area (Å²) in [5, 5.41) is 12.4. The Kier molecular flexibility index (Phi) is 6.25. The predicted octanol–water partition coefficient (Wildman–Crippen LogP) is 3.26. The van der Waals surface area contributed by atoms with Crippen molar-refractivity contribution in [2.75, 3.05) is 21.3 Å². The van der Waals surface area contributed by atoms with E-state index in [0.29, 0.717) is 23.8 Å². The highest BCUT2D eigenvalue weighted by atomic mass is 16.5. The van der Waals surface area contributed by atoms with E-state index in [1.807, 2.05) is 25.1 Å². The predicted molar refractivity (Wildman–Crippen MR) is 94.8 cm³/mol. The summed E-state index contributed by atoms with van der Waals surface area (Å²) in [6.45, 7) is 2.56. The summed E-state index contributed by atoms with van der Waals surface area (Å²) in [5.74, 6) is 0.811. The minimum Gasteiger partial charge on any atom is -0.493 e. The molecule has 6 nitrogen and oxygen atoms in total. The standard InChI is InChI=1S/C19H23NO5/c1-12(20-11-13-6-5-7-14(8-13)19(21)22)15-9-16(23-2)18(25-4)17(10-15)24-3/h5-10,12,20H,11H2,1-4H3,(H,21,22). The monoisotopic (exact) mass is 345 g/mol. The maximum atomic E-state index is 11.1. The van der Waals surface area contributed by atoms with E-state index in [9.17, 15) is 4.79 Å². The third-order valence-corrected chi connectivity index (χ3v) is 3.97. The molecule has 0 radical (unpaired) electrons. The van der Waals surface area contributed by atoms with Gasteiger partial charge in [-0.25, -0.2) is 4.79 Å². The van der Waals surface area contributed by atoms with Crippen LogP contribution in [0.15, 0.2) is 36.4 Å². The van der Waals surface area contributed by atoms with Gasteiger partial charge in [-0.2, -0.15) is 0 Å². The second-order valence-corrected chi connectivity index (χ2v) is 5.57. The number of carbonyl (C=O) groups is 1. The summed E-state index contributed by atoms with van der Waals surface area (Å²) < 4.78 is 16.1. The Morgan fingerprint density at radius 1 is 1.08 bits per heavy atom. The molecule has 2 aromatic rings. The second-order valence-electron chi connectivity index (χ2n) is 5.57. The quantitative estimate of drug-likeness (QED) is 0.765. The molecule has 0 saturated carbocycles. The van der Waals surface area contributed by atoms with Crippen molar-refractivity contribution in [1.29, 1.82) is 0 Å². The summed E-state index contributed by atoms with van der Waals surface area (Å²) in [5.41, 5.74) is 2.16. The van der Waals surface area contributed by atoms with Crippen molar-refractivity contribution in [1.82, 2.24) is 5.32 Å². The zero-order valence-electron chi connectivity index (χ0n) is 14.8. The number of benzene rings is 2. The molecule has 0 aliphatic rings. The molecule has 25 heavy (non-hydrogen) atoms. The van der Waals surface area contributed by atoms with Crippen LogP contribution >= 0.6 is 0 Å². The summed E-state index contributed by atoms with van der Waals surface area (Å²) in [4.78, 5) is 11.1. The maximum Gasteiger partial charge on any atom is 0.335 e. The summed E-state index contributed by atoms with van der Waals surface area (Å²) >= 11 is 0. The minimum absolute atomic E-state index is 0.00203. The van der Waals surface area contributed by atoms with Gasteiger partial charge in [0, 0.05) is 12.6 Å². The van der Waals surface area contributed by atoms with Crippen LogP contribution in [-0.4, -0.2) is 32.4 Å². The lowest BCUT2D eigenvalue weighted by Gasteiger charge is -2.19. The fourth-order valence-corrected chi connectivity index (χ4v) is 2.55. The van der Waals surface area contributed by atoms with Gasteiger partial charge in [0.1, 0.15) is 0 Å². The number of nitrogens with one attached hydrogen (secondary N) is 1. The molecule has 2 N–H and O–H groups in total. The number of hydrogen-bond donors (Lipinski definition) is 2. The van der Waals surface area contributed by atoms with Crippen LogP contribution in [0.1, 0.15) is 34.5 Å². The van der Waals surface area contributed by atoms with E-state index in [0.717, 1.165) is 11.1 Å². The van der Waals surface area contributed by atoms with Crippen molar-refractivity contribution in [3.8, 4) is 17.2 Å². The first-order valence-corrected chi connectivity index (χ1v) is 7.85. The van der Waals surface area contributed by atoms with Crippen LogP contribution in [0.4, 0.5) is 0 Å². The molecular weight excluding hydrogens is 322 g/mol. The summed E-state index contributed by atoms with van der Waals surface area (Å²) in [6.07, 6.45) is 0. The van der Waals surface area contributed by atoms with E-state index in [2.05, 4.69) is 5.32 Å². The Morgan fingerprint density at radius 3 is 2.24 bits per heavy atom. The SMILES string of the molecule is COc1cc(C(C)NCc2cccc(C(=O)O)c2)cc(OC)c1OC. The average Bonchev–Trinajstić information content (AvgIpc) is 2.64. The number of hydrogen-bond acceptors (Lipinski definition) is 5. The molecule has 134 valence electrons. The molecule has 0 saturated heterocycles. The van der Waals surface area contributed by atoms with Gasteiger partial charge in [-0.3, -0.25) is 0 Å². The third-order valence-electron chi connectivity index (χ3n) is 3.97. The molecular formula is C19H23NO5. The van der Waals surface area contributed by atoms with Crippen LogP contribution in [-0.2, 0) is 6.54 Å². The molecule has 1 atom stereocenters. The highest BCUT2D eigenvalue weighted by Gasteiger charge is 2.16. The van der Waals surface area contributed by atoms with Crippen LogP contribution in [0.5, 0.6) is 17.2 Å². The Hall–Kier alpha value is -2.73. The maximum absolute atomic E-state index is 11.1. The fourth-order valence-electron chi connectivity index (χ4n) is 2.55. The van der Waals surface area contributed by atoms with E-state index >= 15 is 0 Å². The van der Waals surface area contributed by atoms with Gasteiger partial charge < -0.3 is 24.6 Å². The molecule has 0 aromatic heterocycles. The zero-order chi connectivity index (χ0) is 18.4. The topological polar surface area (TPSA) is 77.0 Å². The Labute approximate surface area is 147 Å². The fraction of sp³-hybridized carbons (Fsp3) is 0.316. The molecule has 2 aromatic carbocycles. The molecule has 1 unspecified atom stereocenters. The van der Waals surface area contributed by atoms with Crippen LogP contribution in [0.25, 0.3) is 0 Å². The molecule has 0 heterocycles. The van der Waals surface area contributed by atoms with Crippen molar-refractivity contribution in [2.24, 2.45) is 0 Å². The van der Waals surface area contributed by atoms with Crippen LogP contribution in [0.2, 0.25) is 0 Å². The Bertz CT molecular complexity index is 719. The Balaban J connectivity index is 2.16. The first kappa shape index (κ1) is 18.6. The molecule has 0 spiro atoms. The summed E-state index contributed by atoms with van der Waals surface area (Å²) in [6, 6.07) is 10.7. The van der Waals surface area contributed by atoms with Crippen LogP contribution in [0.3, 0.4) is 0 Å². The van der Waals surface area contributed by atoms with Gasteiger partial charge in [0.15, 0.2) is 11.5 Å². The van der Waals surface area contributed by atoms with Gasteiger partial charge in [0.25, 0.3) is 0 Å². The van der Waals surface area contributed by atoms with Gasteiger partial charge in [-0.05, 0) is 42.3 Å². The Morgan fingerprint density at radius 2 is 1.72 bits per heavy atom. The smallest absolute Gasteiger partial charge is 0.335 e. The number of aromatic carboxylic acids is 1. The van der Waals surface area contributed by atoms with Crippen LogP contribution in [0, 0.1) is 0 Å². The minimum atomic E-state index is -0.931. The third kappa shape index (κ3) is 4.42. The number of rotatable bonds is 8. The molecule has 0 amide bonds. The molecule has 0 bridgehead atoms. The van der Waals surface area contributed by atoms with E-state index in [4.69, 9.17) is 19.3 Å². The number of methoxy groups -OCH3 is 3. The van der Waals surface area contributed by atoms with E-state index in [1.54, 1.807) is 39.5 Å². The van der Waals surface area contributed by atoms with E-state index in [1.165, 1.54) is 0 Å². The second kappa shape index (κ2) is 8.39. The molecule has 0 aliphatic carbocycles. The first-order chi connectivity index (χ1) is 12.0. The lowest BCUT2D eigenvalue weighted by atomic mass is 10.1. The molecule has 6 heteroatoms. The molecule has 0 aliphatic heterocycles. The zero-order valence-corrected chi connectivity index (χ0v) is 14.8. The van der Waals surface area contributed by atoms with Crippen molar-refractivity contribution < 1.29 is 24.1 Å². The normalized spacial score (nSPS) is 11.7. The van der Waals surface area contributed by atoms with Crippen LogP contribution < -0.4 is 19.5 Å². The largest absolute Gasteiger partial charge is 0.493 e. The summed E-state index contributed by atoms with van der Waals surface area (Å²) in [7, 11) is 4.73. The lowest BCUT2D eigenvalue weighted by molar-refractivity contribution is 0.0696. The first-order valence-electron chi connectivity index (χ1n) is 7.85. The average molecular weight is 345 g/mol. The highest BCUT2D eigenvalue weighted by Crippen LogP contribution is 2.39. The number of carboxylic acids is 1.